The van der Waals surface area contributed by atoms with Crippen molar-refractivity contribution in [2.75, 3.05) is 18.0 Å². The number of fused-ring (bicyclic) bond motifs is 1. The first kappa shape index (κ1) is 16.5. The van der Waals surface area contributed by atoms with Gasteiger partial charge in [-0.05, 0) is 49.3 Å². The lowest BCUT2D eigenvalue weighted by Gasteiger charge is -2.37. The predicted octanol–water partition coefficient (Wildman–Crippen LogP) is 4.31. The maximum atomic E-state index is 12.6. The minimum atomic E-state index is -0.0482. The molecule has 2 aromatic rings. The van der Waals surface area contributed by atoms with Gasteiger partial charge in [0.1, 0.15) is 0 Å². The van der Waals surface area contributed by atoms with Crippen molar-refractivity contribution in [2.24, 2.45) is 5.41 Å². The molecule has 0 radical (unpaired) electrons. The second-order valence-corrected chi connectivity index (χ2v) is 8.78. The summed E-state index contributed by atoms with van der Waals surface area (Å²) < 4.78 is 0. The second-order valence-electron chi connectivity index (χ2n) is 7.41. The number of aromatic nitrogens is 2. The molecular weight excluding hydrogens is 354 g/mol. The molecule has 1 N–H and O–H groups in total. The average molecular weight is 378 g/mol. The van der Waals surface area contributed by atoms with Crippen LogP contribution in [0.25, 0.3) is 10.9 Å². The summed E-state index contributed by atoms with van der Waals surface area (Å²) in [7, 11) is 0. The van der Waals surface area contributed by atoms with Gasteiger partial charge in [-0.15, -0.1) is 0 Å². The third-order valence-corrected chi connectivity index (χ3v) is 5.31. The summed E-state index contributed by atoms with van der Waals surface area (Å²) >= 11 is 3.63. The molecule has 124 valence electrons. The Morgan fingerprint density at radius 2 is 1.96 bits per heavy atom. The quantitative estimate of drug-likeness (QED) is 0.792. The second kappa shape index (κ2) is 5.93. The molecule has 0 bridgehead atoms. The lowest BCUT2D eigenvalue weighted by atomic mass is 9.83. The Balaban J connectivity index is 2.09. The van der Waals surface area contributed by atoms with E-state index in [2.05, 4.69) is 52.7 Å². The highest BCUT2D eigenvalue weighted by Gasteiger charge is 2.27. The molecule has 1 atom stereocenters. The maximum Gasteiger partial charge on any atom is 0.260 e. The number of halogens is 1. The minimum Gasteiger partial charge on any atom is -0.342 e. The SMILES string of the molecule is Cc1cc(C(C)Br)c2nc(N3CCC(C)(C)CC3)[nH]c(=O)c2c1. The molecule has 0 spiro atoms. The van der Waals surface area contributed by atoms with Gasteiger partial charge >= 0.3 is 0 Å². The van der Waals surface area contributed by atoms with Crippen molar-refractivity contribution in [3.8, 4) is 0 Å². The summed E-state index contributed by atoms with van der Waals surface area (Å²) in [6.07, 6.45) is 2.23. The molecule has 1 aliphatic rings. The van der Waals surface area contributed by atoms with Crippen LogP contribution in [0.15, 0.2) is 16.9 Å². The Bertz CT molecular complexity index is 785. The Morgan fingerprint density at radius 3 is 2.57 bits per heavy atom. The number of alkyl halides is 1. The van der Waals surface area contributed by atoms with Crippen molar-refractivity contribution in [3.05, 3.63) is 33.6 Å². The van der Waals surface area contributed by atoms with Crippen LogP contribution in [-0.4, -0.2) is 23.1 Å². The summed E-state index contributed by atoms with van der Waals surface area (Å²) in [5.41, 5.74) is 3.29. The number of nitrogens with zero attached hydrogens (tertiary/aromatic N) is 2. The van der Waals surface area contributed by atoms with Crippen molar-refractivity contribution in [2.45, 2.75) is 45.4 Å². The molecule has 0 aliphatic carbocycles. The van der Waals surface area contributed by atoms with Gasteiger partial charge in [0.15, 0.2) is 0 Å². The van der Waals surface area contributed by atoms with E-state index in [9.17, 15) is 4.79 Å². The van der Waals surface area contributed by atoms with E-state index in [1.165, 1.54) is 0 Å². The molecule has 4 nitrogen and oxygen atoms in total. The van der Waals surface area contributed by atoms with E-state index in [1.54, 1.807) is 0 Å². The molecule has 5 heteroatoms. The smallest absolute Gasteiger partial charge is 0.260 e. The Kier molecular flexibility index (Phi) is 4.25. The number of benzene rings is 1. The van der Waals surface area contributed by atoms with Crippen LogP contribution in [-0.2, 0) is 0 Å². The van der Waals surface area contributed by atoms with Gasteiger partial charge in [0, 0.05) is 17.9 Å². The Morgan fingerprint density at radius 1 is 1.30 bits per heavy atom. The molecule has 1 fully saturated rings. The van der Waals surface area contributed by atoms with E-state index in [0.29, 0.717) is 16.7 Å². The van der Waals surface area contributed by atoms with Crippen molar-refractivity contribution < 1.29 is 0 Å². The van der Waals surface area contributed by atoms with Crippen molar-refractivity contribution in [1.82, 2.24) is 9.97 Å². The van der Waals surface area contributed by atoms with Crippen LogP contribution in [0.2, 0.25) is 0 Å². The zero-order chi connectivity index (χ0) is 16.8. The highest BCUT2D eigenvalue weighted by Crippen LogP contribution is 2.32. The Hall–Kier alpha value is -1.36. The number of hydrogen-bond acceptors (Lipinski definition) is 3. The van der Waals surface area contributed by atoms with Gasteiger partial charge < -0.3 is 4.90 Å². The van der Waals surface area contributed by atoms with Gasteiger partial charge in [-0.25, -0.2) is 4.98 Å². The number of hydrogen-bond donors (Lipinski definition) is 1. The largest absolute Gasteiger partial charge is 0.342 e. The summed E-state index contributed by atoms with van der Waals surface area (Å²) in [6.45, 7) is 10.6. The van der Waals surface area contributed by atoms with Crippen molar-refractivity contribution >= 4 is 32.8 Å². The lowest BCUT2D eigenvalue weighted by molar-refractivity contribution is 0.278. The van der Waals surface area contributed by atoms with E-state index < -0.39 is 0 Å². The van der Waals surface area contributed by atoms with Crippen LogP contribution in [0.4, 0.5) is 5.95 Å². The fourth-order valence-electron chi connectivity index (χ4n) is 3.18. The predicted molar refractivity (Wildman–Crippen MR) is 99.7 cm³/mol. The molecule has 1 aromatic carbocycles. The highest BCUT2D eigenvalue weighted by molar-refractivity contribution is 9.09. The minimum absolute atomic E-state index is 0.0482. The third kappa shape index (κ3) is 3.30. The molecule has 23 heavy (non-hydrogen) atoms. The van der Waals surface area contributed by atoms with Gasteiger partial charge in [-0.2, -0.15) is 0 Å². The Labute approximate surface area is 145 Å². The van der Waals surface area contributed by atoms with Gasteiger partial charge in [0.2, 0.25) is 5.95 Å². The number of rotatable bonds is 2. The summed E-state index contributed by atoms with van der Waals surface area (Å²) in [5, 5.41) is 0.674. The summed E-state index contributed by atoms with van der Waals surface area (Å²) in [4.78, 5) is 22.7. The van der Waals surface area contributed by atoms with Gasteiger partial charge in [-0.1, -0.05) is 35.8 Å². The molecule has 2 heterocycles. The summed E-state index contributed by atoms with van der Waals surface area (Å²) in [6, 6.07) is 4.03. The van der Waals surface area contributed by atoms with Gasteiger partial charge in [0.05, 0.1) is 10.9 Å². The number of aromatic amines is 1. The van der Waals surface area contributed by atoms with E-state index in [4.69, 9.17) is 4.98 Å². The van der Waals surface area contributed by atoms with E-state index >= 15 is 0 Å². The molecular formula is C18H24BrN3O. The fraction of sp³-hybridized carbons (Fsp3) is 0.556. The van der Waals surface area contributed by atoms with Crippen LogP contribution in [0.3, 0.4) is 0 Å². The summed E-state index contributed by atoms with van der Waals surface area (Å²) in [5.74, 6) is 0.705. The number of nitrogens with one attached hydrogen (secondary N) is 1. The first-order valence-corrected chi connectivity index (χ1v) is 9.12. The number of aryl methyl sites for hydroxylation is 1. The molecule has 1 saturated heterocycles. The monoisotopic (exact) mass is 377 g/mol. The average Bonchev–Trinajstić information content (AvgIpc) is 2.47. The van der Waals surface area contributed by atoms with Crippen molar-refractivity contribution in [1.29, 1.82) is 0 Å². The maximum absolute atomic E-state index is 12.6. The number of anilines is 1. The molecule has 1 unspecified atom stereocenters. The number of piperidine rings is 1. The van der Waals surface area contributed by atoms with Crippen LogP contribution in [0.1, 0.15) is 49.6 Å². The normalized spacial score (nSPS) is 19.1. The van der Waals surface area contributed by atoms with Crippen LogP contribution < -0.4 is 10.5 Å². The third-order valence-electron chi connectivity index (χ3n) is 4.82. The first-order valence-electron chi connectivity index (χ1n) is 8.20. The van der Waals surface area contributed by atoms with Crippen LogP contribution in [0.5, 0.6) is 0 Å². The number of H-pyrrole nitrogens is 1. The molecule has 0 saturated carbocycles. The molecule has 0 amide bonds. The van der Waals surface area contributed by atoms with E-state index in [-0.39, 0.29) is 10.4 Å². The van der Waals surface area contributed by atoms with E-state index in [0.717, 1.165) is 42.6 Å². The molecule has 3 rings (SSSR count). The van der Waals surface area contributed by atoms with Gasteiger partial charge in [0.25, 0.3) is 5.56 Å². The molecule has 1 aliphatic heterocycles. The van der Waals surface area contributed by atoms with E-state index in [1.807, 2.05) is 13.0 Å². The van der Waals surface area contributed by atoms with Crippen molar-refractivity contribution in [3.63, 3.8) is 0 Å². The van der Waals surface area contributed by atoms with Crippen LogP contribution in [0, 0.1) is 12.3 Å². The topological polar surface area (TPSA) is 49.0 Å². The van der Waals surface area contributed by atoms with Gasteiger partial charge in [-0.3, -0.25) is 9.78 Å². The first-order chi connectivity index (χ1) is 10.8. The highest BCUT2D eigenvalue weighted by atomic mass is 79.9. The van der Waals surface area contributed by atoms with Crippen LogP contribution >= 0.6 is 15.9 Å². The fourth-order valence-corrected chi connectivity index (χ4v) is 3.53. The lowest BCUT2D eigenvalue weighted by Crippen LogP contribution is -2.39. The molecule has 1 aromatic heterocycles. The zero-order valence-corrected chi connectivity index (χ0v) is 15.8. The zero-order valence-electron chi connectivity index (χ0n) is 14.2. The standard InChI is InChI=1S/C18H24BrN3O/c1-11-9-13(12(2)19)15-14(10-11)16(23)21-17(20-15)22-7-5-18(3,4)6-8-22/h9-10,12H,5-8H2,1-4H3,(H,20,21,23).